The topological polar surface area (TPSA) is 35.5 Å². The number of ether oxygens (including phenoxy) is 2. The number of allylic oxidation sites excluding steroid dienone is 1. The first-order chi connectivity index (χ1) is 12.2. The van der Waals surface area contributed by atoms with Crippen molar-refractivity contribution in [1.29, 1.82) is 0 Å². The Balaban J connectivity index is 1.77. The molecule has 0 aliphatic heterocycles. The van der Waals surface area contributed by atoms with Gasteiger partial charge in [-0.05, 0) is 54.0 Å². The van der Waals surface area contributed by atoms with Crippen LogP contribution in [0.3, 0.4) is 0 Å². The third-order valence-corrected chi connectivity index (χ3v) is 4.48. The van der Waals surface area contributed by atoms with E-state index >= 15 is 0 Å². The third kappa shape index (κ3) is 4.72. The van der Waals surface area contributed by atoms with Gasteiger partial charge in [0.15, 0.2) is 0 Å². The zero-order valence-electron chi connectivity index (χ0n) is 14.8. The van der Waals surface area contributed by atoms with Gasteiger partial charge in [0.1, 0.15) is 12.4 Å². The molecule has 1 aliphatic carbocycles. The van der Waals surface area contributed by atoms with Crippen LogP contribution in [0.4, 0.5) is 0 Å². The lowest BCUT2D eigenvalue weighted by Gasteiger charge is -2.11. The van der Waals surface area contributed by atoms with E-state index in [0.717, 1.165) is 28.9 Å². The van der Waals surface area contributed by atoms with Gasteiger partial charge in [0.05, 0.1) is 6.61 Å². The van der Waals surface area contributed by atoms with Crippen LogP contribution in [0.2, 0.25) is 0 Å². The lowest BCUT2D eigenvalue weighted by atomic mass is 9.99. The van der Waals surface area contributed by atoms with Gasteiger partial charge < -0.3 is 9.47 Å². The van der Waals surface area contributed by atoms with E-state index in [-0.39, 0.29) is 5.97 Å². The number of benzene rings is 2. The molecule has 0 unspecified atom stereocenters. The molecule has 0 radical (unpaired) electrons. The van der Waals surface area contributed by atoms with Crippen LogP contribution in [0.15, 0.2) is 60.7 Å². The zero-order chi connectivity index (χ0) is 17.6. The summed E-state index contributed by atoms with van der Waals surface area (Å²) in [6.45, 7) is 4.95. The van der Waals surface area contributed by atoms with E-state index in [1.807, 2.05) is 61.5 Å². The van der Waals surface area contributed by atoms with Crippen molar-refractivity contribution in [2.24, 2.45) is 11.8 Å². The standard InChI is InChI=1S/C22H24O3/c1-3-24-22(23)14-21(20-12-16(20)2)18-10-7-11-19(13-18)25-15-17-8-5-4-6-9-17/h4-11,13-14,16,20H,3,12,15H2,1-2H3/b21-14-/t16-,20-/m1/s1. The van der Waals surface area contributed by atoms with Crippen molar-refractivity contribution >= 4 is 11.5 Å². The molecule has 0 saturated heterocycles. The second-order valence-electron chi connectivity index (χ2n) is 6.47. The van der Waals surface area contributed by atoms with Crippen molar-refractivity contribution in [2.75, 3.05) is 6.61 Å². The van der Waals surface area contributed by atoms with Gasteiger partial charge in [-0.2, -0.15) is 0 Å². The fourth-order valence-corrected chi connectivity index (χ4v) is 2.98. The molecule has 2 aromatic rings. The predicted octanol–water partition coefficient (Wildman–Crippen LogP) is 4.87. The van der Waals surface area contributed by atoms with Crippen molar-refractivity contribution < 1.29 is 14.3 Å². The summed E-state index contributed by atoms with van der Waals surface area (Å²) < 4.78 is 11.0. The van der Waals surface area contributed by atoms with Gasteiger partial charge in [-0.3, -0.25) is 0 Å². The molecule has 3 nitrogen and oxygen atoms in total. The maximum absolute atomic E-state index is 11.9. The summed E-state index contributed by atoms with van der Waals surface area (Å²) in [5, 5.41) is 0. The van der Waals surface area contributed by atoms with E-state index in [2.05, 4.69) is 6.92 Å². The molecule has 0 amide bonds. The minimum atomic E-state index is -0.271. The average Bonchev–Trinajstić information content (AvgIpc) is 3.35. The van der Waals surface area contributed by atoms with Crippen LogP contribution in [0, 0.1) is 11.8 Å². The molecule has 1 fully saturated rings. The summed E-state index contributed by atoms with van der Waals surface area (Å²) in [7, 11) is 0. The molecule has 2 atom stereocenters. The zero-order valence-corrected chi connectivity index (χ0v) is 14.8. The summed E-state index contributed by atoms with van der Waals surface area (Å²) in [5.41, 5.74) is 3.22. The molecule has 130 valence electrons. The minimum Gasteiger partial charge on any atom is -0.489 e. The molecule has 0 heterocycles. The van der Waals surface area contributed by atoms with Gasteiger partial charge in [0, 0.05) is 6.08 Å². The molecule has 0 spiro atoms. The Kier molecular flexibility index (Phi) is 5.54. The highest BCUT2D eigenvalue weighted by Gasteiger charge is 2.36. The first-order valence-corrected chi connectivity index (χ1v) is 8.83. The molecule has 3 heteroatoms. The van der Waals surface area contributed by atoms with E-state index in [4.69, 9.17) is 9.47 Å². The maximum atomic E-state index is 11.9. The van der Waals surface area contributed by atoms with Crippen LogP contribution >= 0.6 is 0 Å². The minimum absolute atomic E-state index is 0.271. The molecule has 3 rings (SSSR count). The van der Waals surface area contributed by atoms with Gasteiger partial charge in [-0.15, -0.1) is 0 Å². The van der Waals surface area contributed by atoms with Crippen molar-refractivity contribution in [3.63, 3.8) is 0 Å². The van der Waals surface area contributed by atoms with Crippen LogP contribution in [0.1, 0.15) is 31.4 Å². The summed E-state index contributed by atoms with van der Waals surface area (Å²) in [5.74, 6) is 1.57. The average molecular weight is 336 g/mol. The van der Waals surface area contributed by atoms with Crippen molar-refractivity contribution in [2.45, 2.75) is 26.9 Å². The van der Waals surface area contributed by atoms with Crippen LogP contribution in [0.5, 0.6) is 5.75 Å². The Morgan fingerprint density at radius 1 is 1.16 bits per heavy atom. The lowest BCUT2D eigenvalue weighted by molar-refractivity contribution is -0.137. The van der Waals surface area contributed by atoms with Crippen LogP contribution in [0.25, 0.3) is 5.57 Å². The second-order valence-corrected chi connectivity index (χ2v) is 6.47. The summed E-state index contributed by atoms with van der Waals surface area (Å²) in [6.07, 6.45) is 2.76. The Morgan fingerprint density at radius 3 is 2.60 bits per heavy atom. The van der Waals surface area contributed by atoms with Crippen molar-refractivity contribution in [3.05, 3.63) is 71.8 Å². The van der Waals surface area contributed by atoms with Gasteiger partial charge in [-0.25, -0.2) is 4.79 Å². The largest absolute Gasteiger partial charge is 0.489 e. The van der Waals surface area contributed by atoms with Gasteiger partial charge in [0.25, 0.3) is 0 Å². The molecule has 25 heavy (non-hydrogen) atoms. The molecule has 1 aliphatic rings. The van der Waals surface area contributed by atoms with Crippen LogP contribution < -0.4 is 4.74 Å². The highest BCUT2D eigenvalue weighted by atomic mass is 16.5. The van der Waals surface area contributed by atoms with E-state index in [9.17, 15) is 4.79 Å². The molecular formula is C22H24O3. The summed E-state index contributed by atoms with van der Waals surface area (Å²) in [6, 6.07) is 18.1. The smallest absolute Gasteiger partial charge is 0.331 e. The second kappa shape index (κ2) is 8.02. The molecule has 0 aromatic heterocycles. The number of carbonyl (C=O) groups is 1. The number of hydrogen-bond acceptors (Lipinski definition) is 3. The highest BCUT2D eigenvalue weighted by Crippen LogP contribution is 2.48. The SMILES string of the molecule is CCOC(=O)/C=C(/c1cccc(OCc2ccccc2)c1)[C@@H]1C[C@H]1C. The number of carbonyl (C=O) groups excluding carboxylic acids is 1. The van der Waals surface area contributed by atoms with E-state index in [1.54, 1.807) is 6.08 Å². The first-order valence-electron chi connectivity index (χ1n) is 8.83. The van der Waals surface area contributed by atoms with E-state index in [1.165, 1.54) is 0 Å². The fourth-order valence-electron chi connectivity index (χ4n) is 2.98. The Hall–Kier alpha value is -2.55. The summed E-state index contributed by atoms with van der Waals surface area (Å²) in [4.78, 5) is 11.9. The molecular weight excluding hydrogens is 312 g/mol. The van der Waals surface area contributed by atoms with Crippen LogP contribution in [-0.4, -0.2) is 12.6 Å². The molecule has 1 saturated carbocycles. The van der Waals surface area contributed by atoms with Crippen molar-refractivity contribution in [1.82, 2.24) is 0 Å². The highest BCUT2D eigenvalue weighted by molar-refractivity contribution is 5.92. The van der Waals surface area contributed by atoms with Gasteiger partial charge in [-0.1, -0.05) is 49.4 Å². The van der Waals surface area contributed by atoms with E-state index < -0.39 is 0 Å². The van der Waals surface area contributed by atoms with Crippen molar-refractivity contribution in [3.8, 4) is 5.75 Å². The van der Waals surface area contributed by atoms with E-state index in [0.29, 0.717) is 25.0 Å². The number of esters is 1. The third-order valence-electron chi connectivity index (χ3n) is 4.48. The first kappa shape index (κ1) is 17.3. The quantitative estimate of drug-likeness (QED) is 0.534. The summed E-state index contributed by atoms with van der Waals surface area (Å²) >= 11 is 0. The fraction of sp³-hybridized carbons (Fsp3) is 0.318. The van der Waals surface area contributed by atoms with Gasteiger partial charge >= 0.3 is 5.97 Å². The predicted molar refractivity (Wildman–Crippen MR) is 99.1 cm³/mol. The molecule has 0 bridgehead atoms. The Morgan fingerprint density at radius 2 is 1.92 bits per heavy atom. The Bertz CT molecular complexity index is 749. The molecule has 0 N–H and O–H groups in total. The maximum Gasteiger partial charge on any atom is 0.331 e. The lowest BCUT2D eigenvalue weighted by Crippen LogP contribution is -2.02. The monoisotopic (exact) mass is 336 g/mol. The van der Waals surface area contributed by atoms with Gasteiger partial charge in [0.2, 0.25) is 0 Å². The number of rotatable bonds is 7. The molecule has 2 aromatic carbocycles. The number of hydrogen-bond donors (Lipinski definition) is 0. The normalized spacial score (nSPS) is 19.4. The Labute approximate surface area is 149 Å². The van der Waals surface area contributed by atoms with Crippen LogP contribution in [-0.2, 0) is 16.1 Å².